The number of likely N-dealkylation sites (N-methyl/N-ethyl adjacent to an activating group) is 2. The SMILES string of the molecule is C=C/C=C(\C=C/Cc1c(C2OC=C(C(=O)OCC)N2C)cn2ncnc(N)c12)NC. The highest BCUT2D eigenvalue weighted by molar-refractivity contribution is 5.88. The van der Waals surface area contributed by atoms with Crippen molar-refractivity contribution < 1.29 is 14.3 Å². The summed E-state index contributed by atoms with van der Waals surface area (Å²) in [6.07, 6.45) is 12.3. The summed E-state index contributed by atoms with van der Waals surface area (Å²) in [6.45, 7) is 5.77. The van der Waals surface area contributed by atoms with E-state index in [9.17, 15) is 4.79 Å². The fourth-order valence-corrected chi connectivity index (χ4v) is 3.31. The first-order valence-electron chi connectivity index (χ1n) is 9.55. The largest absolute Gasteiger partial charge is 0.471 e. The number of rotatable bonds is 8. The predicted molar refractivity (Wildman–Crippen MR) is 114 cm³/mol. The molecule has 0 amide bonds. The first-order chi connectivity index (χ1) is 14.5. The molecule has 1 atom stereocenters. The molecule has 0 aliphatic carbocycles. The molecule has 30 heavy (non-hydrogen) atoms. The van der Waals surface area contributed by atoms with Gasteiger partial charge in [0.05, 0.1) is 6.61 Å². The van der Waals surface area contributed by atoms with Crippen LogP contribution >= 0.6 is 0 Å². The van der Waals surface area contributed by atoms with E-state index >= 15 is 0 Å². The Morgan fingerprint density at radius 1 is 1.50 bits per heavy atom. The van der Waals surface area contributed by atoms with E-state index < -0.39 is 12.2 Å². The van der Waals surface area contributed by atoms with Gasteiger partial charge in [-0.3, -0.25) is 0 Å². The van der Waals surface area contributed by atoms with Crippen molar-refractivity contribution in [2.45, 2.75) is 19.6 Å². The molecule has 0 bridgehead atoms. The maximum Gasteiger partial charge on any atom is 0.357 e. The molecule has 0 saturated carbocycles. The van der Waals surface area contributed by atoms with Crippen LogP contribution < -0.4 is 11.1 Å². The Balaban J connectivity index is 1.98. The number of anilines is 1. The van der Waals surface area contributed by atoms with Crippen molar-refractivity contribution in [1.29, 1.82) is 0 Å². The average Bonchev–Trinajstić information content (AvgIpc) is 3.28. The second-order valence-electron chi connectivity index (χ2n) is 6.54. The Morgan fingerprint density at radius 2 is 2.30 bits per heavy atom. The first-order valence-corrected chi connectivity index (χ1v) is 9.55. The summed E-state index contributed by atoms with van der Waals surface area (Å²) in [5.74, 6) is -0.0606. The molecule has 2 aromatic heterocycles. The molecule has 158 valence electrons. The van der Waals surface area contributed by atoms with Crippen molar-refractivity contribution in [1.82, 2.24) is 24.8 Å². The van der Waals surface area contributed by atoms with Crippen molar-refractivity contribution in [2.75, 3.05) is 26.4 Å². The van der Waals surface area contributed by atoms with Crippen LogP contribution in [0.5, 0.6) is 0 Å². The molecule has 2 aromatic rings. The van der Waals surface area contributed by atoms with Crippen LogP contribution in [-0.4, -0.2) is 46.2 Å². The molecule has 1 aliphatic heterocycles. The third-order valence-corrected chi connectivity index (χ3v) is 4.74. The number of allylic oxidation sites excluding steroid dienone is 4. The average molecular weight is 410 g/mol. The molecule has 0 radical (unpaired) electrons. The summed E-state index contributed by atoms with van der Waals surface area (Å²) in [7, 11) is 3.62. The Bertz CT molecular complexity index is 1040. The van der Waals surface area contributed by atoms with Crippen LogP contribution in [0.2, 0.25) is 0 Å². The Hall–Kier alpha value is -3.75. The van der Waals surface area contributed by atoms with E-state index in [-0.39, 0.29) is 0 Å². The minimum atomic E-state index is -0.513. The molecule has 1 aliphatic rings. The number of hydrogen-bond donors (Lipinski definition) is 2. The van der Waals surface area contributed by atoms with Gasteiger partial charge in [0.15, 0.2) is 17.7 Å². The van der Waals surface area contributed by atoms with Gasteiger partial charge >= 0.3 is 5.97 Å². The molecule has 0 spiro atoms. The van der Waals surface area contributed by atoms with E-state index in [4.69, 9.17) is 15.2 Å². The Morgan fingerprint density at radius 3 is 3.00 bits per heavy atom. The highest BCUT2D eigenvalue weighted by Crippen LogP contribution is 2.36. The molecule has 0 saturated heterocycles. The van der Waals surface area contributed by atoms with E-state index in [2.05, 4.69) is 22.0 Å². The number of ether oxygens (including phenoxy) is 2. The summed E-state index contributed by atoms with van der Waals surface area (Å²) in [5, 5.41) is 7.37. The molecule has 9 nitrogen and oxygen atoms in total. The summed E-state index contributed by atoms with van der Waals surface area (Å²) in [4.78, 5) is 18.1. The molecule has 3 N–H and O–H groups in total. The number of nitrogen functional groups attached to an aromatic ring is 1. The van der Waals surface area contributed by atoms with Gasteiger partial charge in [-0.25, -0.2) is 14.3 Å². The fourth-order valence-electron chi connectivity index (χ4n) is 3.31. The minimum Gasteiger partial charge on any atom is -0.471 e. The van der Waals surface area contributed by atoms with Crippen molar-refractivity contribution >= 4 is 17.3 Å². The van der Waals surface area contributed by atoms with Crippen molar-refractivity contribution in [3.05, 3.63) is 72.2 Å². The van der Waals surface area contributed by atoms with Gasteiger partial charge in [-0.2, -0.15) is 5.10 Å². The van der Waals surface area contributed by atoms with E-state index in [1.54, 1.807) is 29.5 Å². The number of carbonyl (C=O) groups excluding carboxylic acids is 1. The van der Waals surface area contributed by atoms with E-state index in [0.717, 1.165) is 16.8 Å². The zero-order valence-electron chi connectivity index (χ0n) is 17.3. The van der Waals surface area contributed by atoms with E-state index in [1.165, 1.54) is 12.6 Å². The number of carbonyl (C=O) groups is 1. The third kappa shape index (κ3) is 4.00. The van der Waals surface area contributed by atoms with Crippen LogP contribution in [0.4, 0.5) is 5.82 Å². The third-order valence-electron chi connectivity index (χ3n) is 4.74. The normalized spacial score (nSPS) is 16.6. The molecule has 1 unspecified atom stereocenters. The lowest BCUT2D eigenvalue weighted by Crippen LogP contribution is -2.25. The van der Waals surface area contributed by atoms with Gasteiger partial charge < -0.3 is 25.4 Å². The maximum atomic E-state index is 12.2. The van der Waals surface area contributed by atoms with Crippen LogP contribution in [0.1, 0.15) is 24.3 Å². The standard InChI is InChI=1S/C21H26N6O3/c1-5-8-14(23-3)9-7-10-15-16(11-27-18(15)19(22)24-13-25-27)20-26(4)17(12-30-20)21(28)29-6-2/h5,7-9,11-13,20,23H,1,6,10H2,2-4H3,(H2,22,24,25)/b9-7-,14-8+. The number of nitrogens with zero attached hydrogens (tertiary/aromatic N) is 4. The van der Waals surface area contributed by atoms with Crippen LogP contribution in [0.25, 0.3) is 5.52 Å². The first kappa shape index (κ1) is 21.0. The lowest BCUT2D eigenvalue weighted by molar-refractivity contribution is -0.140. The quantitative estimate of drug-likeness (QED) is 0.503. The number of aromatic nitrogens is 3. The summed E-state index contributed by atoms with van der Waals surface area (Å²) >= 11 is 0. The van der Waals surface area contributed by atoms with Gasteiger partial charge in [-0.15, -0.1) is 0 Å². The van der Waals surface area contributed by atoms with Crippen LogP contribution in [0, 0.1) is 0 Å². The summed E-state index contributed by atoms with van der Waals surface area (Å²) in [5.41, 5.74) is 9.87. The van der Waals surface area contributed by atoms with Gasteiger partial charge in [0.1, 0.15) is 18.1 Å². The lowest BCUT2D eigenvalue weighted by atomic mass is 10.1. The van der Waals surface area contributed by atoms with Gasteiger partial charge in [0.25, 0.3) is 0 Å². The van der Waals surface area contributed by atoms with E-state index in [1.807, 2.05) is 31.5 Å². The molecule has 9 heteroatoms. The zero-order chi connectivity index (χ0) is 21.7. The molecule has 0 fully saturated rings. The fraction of sp³-hybridized carbons (Fsp3) is 0.286. The molecular formula is C21H26N6O3. The smallest absolute Gasteiger partial charge is 0.357 e. The summed E-state index contributed by atoms with van der Waals surface area (Å²) in [6, 6.07) is 0. The van der Waals surface area contributed by atoms with Crippen LogP contribution in [0.15, 0.2) is 61.1 Å². The predicted octanol–water partition coefficient (Wildman–Crippen LogP) is 2.06. The number of fused-ring (bicyclic) bond motifs is 1. The topological polar surface area (TPSA) is 107 Å². The number of nitrogens with two attached hydrogens (primary N) is 1. The minimum absolute atomic E-state index is 0.291. The van der Waals surface area contributed by atoms with Gasteiger partial charge in [-0.1, -0.05) is 18.7 Å². The molecule has 3 heterocycles. The van der Waals surface area contributed by atoms with Crippen LogP contribution in [-0.2, 0) is 20.7 Å². The monoisotopic (exact) mass is 410 g/mol. The van der Waals surface area contributed by atoms with Gasteiger partial charge in [-0.05, 0) is 31.1 Å². The maximum absolute atomic E-state index is 12.2. The highest BCUT2D eigenvalue weighted by Gasteiger charge is 2.34. The molecule has 3 rings (SSSR count). The van der Waals surface area contributed by atoms with Crippen molar-refractivity contribution in [2.24, 2.45) is 0 Å². The van der Waals surface area contributed by atoms with Gasteiger partial charge in [0.2, 0.25) is 0 Å². The number of hydrogen-bond acceptors (Lipinski definition) is 8. The highest BCUT2D eigenvalue weighted by atomic mass is 16.5. The van der Waals surface area contributed by atoms with E-state index in [0.29, 0.717) is 30.1 Å². The Labute approximate surface area is 175 Å². The van der Waals surface area contributed by atoms with Gasteiger partial charge in [0, 0.05) is 31.6 Å². The molecule has 0 aromatic carbocycles. The van der Waals surface area contributed by atoms with Crippen LogP contribution in [0.3, 0.4) is 0 Å². The number of esters is 1. The second-order valence-corrected chi connectivity index (χ2v) is 6.54. The summed E-state index contributed by atoms with van der Waals surface area (Å²) < 4.78 is 12.6. The van der Waals surface area contributed by atoms with Crippen molar-refractivity contribution in [3.8, 4) is 0 Å². The van der Waals surface area contributed by atoms with Crippen molar-refractivity contribution in [3.63, 3.8) is 0 Å². The Kier molecular flexibility index (Phi) is 6.41. The molecular weight excluding hydrogens is 384 g/mol. The second kappa shape index (κ2) is 9.17. The number of nitrogens with one attached hydrogen (secondary N) is 1. The lowest BCUT2D eigenvalue weighted by Gasteiger charge is -2.22. The zero-order valence-corrected chi connectivity index (χ0v) is 17.3.